The molecule has 46 heavy (non-hydrogen) atoms. The zero-order valence-corrected chi connectivity index (χ0v) is 26.7. The number of para-hydroxylation sites is 1. The Hall–Kier alpha value is -4.85. The first-order valence-electron chi connectivity index (χ1n) is 14.9. The Bertz CT molecular complexity index is 1760. The van der Waals surface area contributed by atoms with E-state index >= 15 is 0 Å². The van der Waals surface area contributed by atoms with Crippen LogP contribution in [0.3, 0.4) is 0 Å². The number of thiocarbonyl (C=S) groups is 1. The van der Waals surface area contributed by atoms with Crippen LogP contribution in [-0.4, -0.2) is 79.6 Å². The quantitative estimate of drug-likeness (QED) is 0.184. The summed E-state index contributed by atoms with van der Waals surface area (Å²) in [5, 5.41) is 9.35. The minimum absolute atomic E-state index is 0.0695. The fourth-order valence-electron chi connectivity index (χ4n) is 6.07. The number of aromatic nitrogens is 1. The Morgan fingerprint density at radius 1 is 1.07 bits per heavy atom. The maximum Gasteiger partial charge on any atom is 0.334 e. The molecule has 4 amide bonds. The van der Waals surface area contributed by atoms with E-state index in [1.54, 1.807) is 31.4 Å². The molecule has 2 atom stereocenters. The number of carbonyl (C=O) groups is 3. The molecule has 4 aromatic rings. The van der Waals surface area contributed by atoms with Crippen molar-refractivity contribution in [2.45, 2.75) is 31.7 Å². The van der Waals surface area contributed by atoms with Crippen LogP contribution in [0, 0.1) is 0 Å². The molecule has 2 saturated heterocycles. The van der Waals surface area contributed by atoms with E-state index in [1.807, 2.05) is 72.8 Å². The van der Waals surface area contributed by atoms with E-state index in [4.69, 9.17) is 18.0 Å². The maximum atomic E-state index is 14.3. The lowest BCUT2D eigenvalue weighted by Gasteiger charge is -2.55. The highest BCUT2D eigenvalue weighted by molar-refractivity contribution is 7.80. The summed E-state index contributed by atoms with van der Waals surface area (Å²) >= 11 is 6.49. The molecular weight excluding hydrogens is 621 g/mol. The van der Waals surface area contributed by atoms with Gasteiger partial charge in [0.15, 0.2) is 5.11 Å². The van der Waals surface area contributed by atoms with E-state index in [-0.39, 0.29) is 55.6 Å². The van der Waals surface area contributed by atoms with E-state index in [2.05, 4.69) is 22.2 Å². The van der Waals surface area contributed by atoms with Gasteiger partial charge in [0, 0.05) is 31.7 Å². The predicted octanol–water partition coefficient (Wildman–Crippen LogP) is 3.69. The summed E-state index contributed by atoms with van der Waals surface area (Å²) in [5.74, 6) is -0.422. The van der Waals surface area contributed by atoms with Gasteiger partial charge in [-0.2, -0.15) is 0 Å². The van der Waals surface area contributed by atoms with Gasteiger partial charge in [0.05, 0.1) is 28.8 Å². The molecular formula is C33H34N8O3S2. The fourth-order valence-corrected chi connectivity index (χ4v) is 6.91. The number of hydrazine groups is 1. The number of hydrogen-bond donors (Lipinski definition) is 3. The van der Waals surface area contributed by atoms with Crippen molar-refractivity contribution in [3.63, 3.8) is 0 Å². The number of nitrogens with two attached hydrogens (primary N) is 1. The van der Waals surface area contributed by atoms with Gasteiger partial charge in [-0.3, -0.25) is 9.59 Å². The first-order valence-corrected chi connectivity index (χ1v) is 16.1. The Balaban J connectivity index is 1.35. The SMILES string of the molecule is C=CCN1CC(=O)N2[C@@H](Cc3ccc(NC(N)=S)cc3)C(=O)N(Cc3cccc4scnc34)C[C@@H]2N1C(=O)NCc1ccccc1. The number of thiazole rings is 1. The summed E-state index contributed by atoms with van der Waals surface area (Å²) < 4.78 is 1.03. The van der Waals surface area contributed by atoms with Gasteiger partial charge in [0.2, 0.25) is 11.8 Å². The van der Waals surface area contributed by atoms with Crippen LogP contribution in [0.25, 0.3) is 10.2 Å². The molecule has 3 aromatic carbocycles. The fraction of sp³-hybridized carbons (Fsp3) is 0.242. The van der Waals surface area contributed by atoms with Gasteiger partial charge in [-0.05, 0) is 47.1 Å². The maximum absolute atomic E-state index is 14.3. The molecule has 236 valence electrons. The van der Waals surface area contributed by atoms with Gasteiger partial charge in [-0.15, -0.1) is 17.9 Å². The Labute approximate surface area is 276 Å². The largest absolute Gasteiger partial charge is 0.376 e. The van der Waals surface area contributed by atoms with Crippen LogP contribution in [0.15, 0.2) is 91.0 Å². The van der Waals surface area contributed by atoms with E-state index in [0.29, 0.717) is 6.54 Å². The molecule has 2 aliphatic rings. The molecule has 13 heteroatoms. The molecule has 2 fully saturated rings. The van der Waals surface area contributed by atoms with Crippen LogP contribution < -0.4 is 16.4 Å². The second-order valence-corrected chi connectivity index (χ2v) is 12.5. The standard InChI is InChI=1S/C33H34N8O3S2/c1-2-15-39-20-29(42)40-26(16-22-11-13-25(14-12-22)37-32(34)45)31(43)38(18-24-9-6-10-27-30(24)36-21-46-27)19-28(40)41(39)33(44)35-17-23-7-4-3-5-8-23/h2-14,21,26,28H,1,15-20H2,(H,35,44)(H3,34,37,45)/t26-,28-/m0/s1. The molecule has 0 unspecified atom stereocenters. The van der Waals surface area contributed by atoms with Crippen LogP contribution in [-0.2, 0) is 29.1 Å². The van der Waals surface area contributed by atoms with Crippen molar-refractivity contribution in [1.82, 2.24) is 30.1 Å². The first kappa shape index (κ1) is 31.1. The van der Waals surface area contributed by atoms with E-state index in [1.165, 1.54) is 11.3 Å². The first-order chi connectivity index (χ1) is 22.3. The zero-order valence-electron chi connectivity index (χ0n) is 25.0. The number of hydrogen-bond acceptors (Lipinski definition) is 7. The number of urea groups is 1. The van der Waals surface area contributed by atoms with E-state index < -0.39 is 12.2 Å². The average molecular weight is 655 g/mol. The molecule has 3 heterocycles. The van der Waals surface area contributed by atoms with Crippen molar-refractivity contribution in [2.24, 2.45) is 5.73 Å². The number of carbonyl (C=O) groups excluding carboxylic acids is 3. The van der Waals surface area contributed by atoms with Crippen LogP contribution >= 0.6 is 23.6 Å². The molecule has 0 saturated carbocycles. The summed E-state index contributed by atoms with van der Waals surface area (Å²) in [6, 6.07) is 21.7. The summed E-state index contributed by atoms with van der Waals surface area (Å²) in [6.45, 7) is 4.79. The van der Waals surface area contributed by atoms with Crippen molar-refractivity contribution in [3.8, 4) is 0 Å². The molecule has 6 rings (SSSR count). The molecule has 0 bridgehead atoms. The Kier molecular flexibility index (Phi) is 9.24. The summed E-state index contributed by atoms with van der Waals surface area (Å²) in [7, 11) is 0. The molecule has 11 nitrogen and oxygen atoms in total. The van der Waals surface area contributed by atoms with Gasteiger partial charge < -0.3 is 26.2 Å². The lowest BCUT2D eigenvalue weighted by molar-refractivity contribution is -0.189. The summed E-state index contributed by atoms with van der Waals surface area (Å²) in [5.41, 5.74) is 11.7. The van der Waals surface area contributed by atoms with Crippen LogP contribution in [0.5, 0.6) is 0 Å². The second kappa shape index (κ2) is 13.6. The molecule has 0 spiro atoms. The molecule has 0 aliphatic carbocycles. The lowest BCUT2D eigenvalue weighted by Crippen LogP contribution is -2.76. The Morgan fingerprint density at radius 2 is 1.85 bits per heavy atom. The lowest BCUT2D eigenvalue weighted by atomic mass is 9.98. The second-order valence-electron chi connectivity index (χ2n) is 11.1. The summed E-state index contributed by atoms with van der Waals surface area (Å²) in [6.07, 6.45) is 1.17. The number of fused-ring (bicyclic) bond motifs is 2. The van der Waals surface area contributed by atoms with Gasteiger partial charge >= 0.3 is 6.03 Å². The van der Waals surface area contributed by atoms with E-state index in [0.717, 1.165) is 32.6 Å². The third kappa shape index (κ3) is 6.57. The van der Waals surface area contributed by atoms with Crippen molar-refractivity contribution in [1.29, 1.82) is 0 Å². The molecule has 0 radical (unpaired) electrons. The highest BCUT2D eigenvalue weighted by Gasteiger charge is 2.51. The summed E-state index contributed by atoms with van der Waals surface area (Å²) in [4.78, 5) is 50.0. The van der Waals surface area contributed by atoms with Crippen molar-refractivity contribution >= 4 is 62.4 Å². The molecule has 1 aromatic heterocycles. The van der Waals surface area contributed by atoms with Crippen LogP contribution in [0.2, 0.25) is 0 Å². The van der Waals surface area contributed by atoms with Gasteiger partial charge in [0.25, 0.3) is 0 Å². The number of anilines is 1. The predicted molar refractivity (Wildman–Crippen MR) is 182 cm³/mol. The third-order valence-corrected chi connectivity index (χ3v) is 9.02. The zero-order chi connectivity index (χ0) is 32.2. The Morgan fingerprint density at radius 3 is 2.59 bits per heavy atom. The van der Waals surface area contributed by atoms with Crippen LogP contribution in [0.1, 0.15) is 16.7 Å². The number of nitrogens with one attached hydrogen (secondary N) is 2. The third-order valence-electron chi connectivity index (χ3n) is 8.12. The average Bonchev–Trinajstić information content (AvgIpc) is 3.53. The highest BCUT2D eigenvalue weighted by atomic mass is 32.1. The highest BCUT2D eigenvalue weighted by Crippen LogP contribution is 2.31. The topological polar surface area (TPSA) is 127 Å². The van der Waals surface area contributed by atoms with Crippen LogP contribution in [0.4, 0.5) is 10.5 Å². The van der Waals surface area contributed by atoms with Gasteiger partial charge in [-0.25, -0.2) is 19.8 Å². The minimum Gasteiger partial charge on any atom is -0.376 e. The normalized spacial score (nSPS) is 18.4. The van der Waals surface area contributed by atoms with Gasteiger partial charge in [0.1, 0.15) is 12.2 Å². The number of rotatable bonds is 9. The van der Waals surface area contributed by atoms with Crippen molar-refractivity contribution in [3.05, 3.63) is 108 Å². The van der Waals surface area contributed by atoms with E-state index in [9.17, 15) is 14.4 Å². The monoisotopic (exact) mass is 654 g/mol. The van der Waals surface area contributed by atoms with Crippen molar-refractivity contribution < 1.29 is 14.4 Å². The minimum atomic E-state index is -0.842. The molecule has 4 N–H and O–H groups in total. The number of benzene rings is 3. The van der Waals surface area contributed by atoms with Crippen molar-refractivity contribution in [2.75, 3.05) is 25.0 Å². The number of nitrogens with zero attached hydrogens (tertiary/aromatic N) is 5. The number of piperazine rings is 1. The van der Waals surface area contributed by atoms with Gasteiger partial charge in [-0.1, -0.05) is 60.7 Å². The number of amides is 4. The smallest absolute Gasteiger partial charge is 0.334 e. The molecule has 2 aliphatic heterocycles.